The number of pyridine rings is 1. The lowest BCUT2D eigenvalue weighted by Gasteiger charge is -2.17. The van der Waals surface area contributed by atoms with Gasteiger partial charge in [0.05, 0.1) is 11.5 Å². The topological polar surface area (TPSA) is 72.2 Å². The number of rotatable bonds is 4. The van der Waals surface area contributed by atoms with E-state index in [2.05, 4.69) is 9.36 Å². The lowest BCUT2D eigenvalue weighted by molar-refractivity contribution is -0.384. The number of nitrogens with zero attached hydrogens (tertiary/aromatic N) is 4. The Hall–Kier alpha value is -2.02. The smallest absolute Gasteiger partial charge is 0.314 e. The zero-order chi connectivity index (χ0) is 13.1. The summed E-state index contributed by atoms with van der Waals surface area (Å²) in [7, 11) is 1.79. The lowest BCUT2D eigenvalue weighted by atomic mass is 10.2. The molecule has 2 aromatic rings. The van der Waals surface area contributed by atoms with Gasteiger partial charge >= 0.3 is 5.69 Å². The van der Waals surface area contributed by atoms with E-state index in [0.29, 0.717) is 17.9 Å². The molecule has 2 heterocycles. The minimum absolute atomic E-state index is 0.0597. The molecule has 0 bridgehead atoms. The van der Waals surface area contributed by atoms with E-state index in [9.17, 15) is 10.1 Å². The zero-order valence-corrected chi connectivity index (χ0v) is 10.8. The van der Waals surface area contributed by atoms with E-state index in [-0.39, 0.29) is 10.6 Å². The summed E-state index contributed by atoms with van der Waals surface area (Å²) in [5.41, 5.74) is 0.672. The van der Waals surface area contributed by atoms with Crippen LogP contribution in [0.15, 0.2) is 24.5 Å². The van der Waals surface area contributed by atoms with Gasteiger partial charge in [0.2, 0.25) is 5.82 Å². The van der Waals surface area contributed by atoms with Crippen molar-refractivity contribution in [1.82, 2.24) is 9.36 Å². The Labute approximate surface area is 108 Å². The number of nitro groups is 1. The molecule has 2 rings (SSSR count). The third-order valence-electron chi connectivity index (χ3n) is 2.54. The molecule has 7 heteroatoms. The van der Waals surface area contributed by atoms with Crippen molar-refractivity contribution in [2.24, 2.45) is 0 Å². The van der Waals surface area contributed by atoms with E-state index in [1.165, 1.54) is 11.5 Å². The molecule has 0 amide bonds. The van der Waals surface area contributed by atoms with E-state index in [1.54, 1.807) is 37.3 Å². The second-order valence-corrected chi connectivity index (χ2v) is 4.81. The number of aryl methyl sites for hydroxylation is 1. The Balaban J connectivity index is 2.32. The van der Waals surface area contributed by atoms with Gasteiger partial charge in [-0.1, -0.05) is 0 Å². The van der Waals surface area contributed by atoms with Crippen LogP contribution in [0.5, 0.6) is 0 Å². The monoisotopic (exact) mass is 264 g/mol. The molecule has 0 N–H and O–H groups in total. The molecule has 0 saturated heterocycles. The molecule has 0 atom stereocenters. The van der Waals surface area contributed by atoms with Gasteiger partial charge in [0.1, 0.15) is 0 Å². The van der Waals surface area contributed by atoms with Gasteiger partial charge in [0, 0.05) is 29.9 Å². The van der Waals surface area contributed by atoms with Gasteiger partial charge < -0.3 is 4.90 Å². The summed E-state index contributed by atoms with van der Waals surface area (Å²) in [6, 6.07) is 3.53. The van der Waals surface area contributed by atoms with Gasteiger partial charge in [-0.3, -0.25) is 10.1 Å². The summed E-state index contributed by atoms with van der Waals surface area (Å²) in [6.07, 6.45) is 3.30. The molecule has 0 fully saturated rings. The van der Waals surface area contributed by atoms with Gasteiger partial charge in [0.25, 0.3) is 0 Å². The minimum Gasteiger partial charge on any atom is -0.349 e. The van der Waals surface area contributed by atoms with E-state index < -0.39 is 0 Å². The van der Waals surface area contributed by atoms with Crippen molar-refractivity contribution in [3.63, 3.8) is 0 Å². The second kappa shape index (κ2) is 5.09. The first kappa shape index (κ1) is 12.4. The summed E-state index contributed by atoms with van der Waals surface area (Å²) in [5, 5.41) is 11.1. The van der Waals surface area contributed by atoms with Crippen LogP contribution >= 0.6 is 11.5 Å². The molecule has 0 spiro atoms. The van der Waals surface area contributed by atoms with Crippen LogP contribution in [0.3, 0.4) is 0 Å². The van der Waals surface area contributed by atoms with E-state index in [1.807, 2.05) is 6.07 Å². The van der Waals surface area contributed by atoms with Crippen molar-refractivity contribution in [2.45, 2.75) is 13.5 Å². The third-order valence-corrected chi connectivity index (χ3v) is 3.26. The summed E-state index contributed by atoms with van der Waals surface area (Å²) in [6.45, 7) is 2.27. The highest BCUT2D eigenvalue weighted by molar-refractivity contribution is 7.05. The first-order valence-electron chi connectivity index (χ1n) is 5.30. The second-order valence-electron chi connectivity index (χ2n) is 3.89. The van der Waals surface area contributed by atoms with Crippen LogP contribution in [0, 0.1) is 17.0 Å². The fourth-order valence-corrected chi connectivity index (χ4v) is 2.30. The van der Waals surface area contributed by atoms with Gasteiger partial charge in [0.15, 0.2) is 0 Å². The maximum atomic E-state index is 11.1. The van der Waals surface area contributed by atoms with E-state index in [0.717, 1.165) is 4.88 Å². The van der Waals surface area contributed by atoms with Crippen LogP contribution in [0.25, 0.3) is 0 Å². The first-order valence-corrected chi connectivity index (χ1v) is 6.07. The maximum absolute atomic E-state index is 11.1. The number of hydrogen-bond donors (Lipinski definition) is 0. The molecule has 0 aliphatic heterocycles. The summed E-state index contributed by atoms with van der Waals surface area (Å²) in [4.78, 5) is 17.6. The van der Waals surface area contributed by atoms with Crippen molar-refractivity contribution in [3.05, 3.63) is 45.1 Å². The highest BCUT2D eigenvalue weighted by Gasteiger charge is 2.21. The Kier molecular flexibility index (Phi) is 3.52. The average molecular weight is 264 g/mol. The van der Waals surface area contributed by atoms with Crippen LogP contribution in [-0.4, -0.2) is 21.3 Å². The van der Waals surface area contributed by atoms with Crippen LogP contribution in [0.4, 0.5) is 11.5 Å². The number of aromatic nitrogens is 2. The molecule has 2 aromatic heterocycles. The number of hydrogen-bond acceptors (Lipinski definition) is 6. The third kappa shape index (κ3) is 2.45. The molecule has 0 aromatic carbocycles. The zero-order valence-electron chi connectivity index (χ0n) is 10.0. The first-order chi connectivity index (χ1) is 8.59. The Morgan fingerprint density at radius 1 is 1.44 bits per heavy atom. The van der Waals surface area contributed by atoms with Crippen molar-refractivity contribution in [3.8, 4) is 0 Å². The quantitative estimate of drug-likeness (QED) is 0.626. The van der Waals surface area contributed by atoms with Gasteiger partial charge in [-0.2, -0.15) is 0 Å². The Bertz CT molecular complexity index is 556. The molecular weight excluding hydrogens is 252 g/mol. The van der Waals surface area contributed by atoms with Gasteiger partial charge in [-0.05, 0) is 30.6 Å². The average Bonchev–Trinajstić information content (AvgIpc) is 2.80. The molecular formula is C11H12N4O2S. The number of anilines is 1. The molecule has 0 aliphatic rings. The molecule has 6 nitrogen and oxygen atoms in total. The minimum atomic E-state index is -0.388. The standard InChI is InChI=1S/C11H12N4O2S/c1-8-3-5-12-11(10(8)15(16)17)14(2)7-9-4-6-13-18-9/h3-6H,7H2,1-2H3. The van der Waals surface area contributed by atoms with Crippen molar-refractivity contribution in [1.29, 1.82) is 0 Å². The summed E-state index contributed by atoms with van der Waals surface area (Å²) >= 11 is 1.38. The highest BCUT2D eigenvalue weighted by atomic mass is 32.1. The molecule has 94 valence electrons. The Morgan fingerprint density at radius 3 is 2.83 bits per heavy atom. The predicted molar refractivity (Wildman–Crippen MR) is 69.8 cm³/mol. The summed E-state index contributed by atoms with van der Waals surface area (Å²) < 4.78 is 4.00. The van der Waals surface area contributed by atoms with Gasteiger partial charge in [-0.15, -0.1) is 0 Å². The fourth-order valence-electron chi connectivity index (χ4n) is 1.67. The maximum Gasteiger partial charge on any atom is 0.314 e. The van der Waals surface area contributed by atoms with Crippen molar-refractivity contribution in [2.75, 3.05) is 11.9 Å². The fraction of sp³-hybridized carbons (Fsp3) is 0.273. The predicted octanol–water partition coefficient (Wildman–Crippen LogP) is 2.39. The highest BCUT2D eigenvalue weighted by Crippen LogP contribution is 2.29. The molecule has 18 heavy (non-hydrogen) atoms. The van der Waals surface area contributed by atoms with E-state index in [4.69, 9.17) is 0 Å². The van der Waals surface area contributed by atoms with Crippen LogP contribution < -0.4 is 4.90 Å². The van der Waals surface area contributed by atoms with E-state index >= 15 is 0 Å². The molecule has 0 radical (unpaired) electrons. The van der Waals surface area contributed by atoms with Crippen LogP contribution in [0.1, 0.15) is 10.4 Å². The molecule has 0 unspecified atom stereocenters. The largest absolute Gasteiger partial charge is 0.349 e. The van der Waals surface area contributed by atoms with Gasteiger partial charge in [-0.25, -0.2) is 9.36 Å². The lowest BCUT2D eigenvalue weighted by Crippen LogP contribution is -2.18. The molecule has 0 aliphatic carbocycles. The van der Waals surface area contributed by atoms with Crippen LogP contribution in [-0.2, 0) is 6.54 Å². The Morgan fingerprint density at radius 2 is 2.22 bits per heavy atom. The van der Waals surface area contributed by atoms with Crippen molar-refractivity contribution < 1.29 is 4.92 Å². The SMILES string of the molecule is Cc1ccnc(N(C)Cc2ccns2)c1[N+](=O)[O-]. The summed E-state index contributed by atoms with van der Waals surface area (Å²) in [5.74, 6) is 0.383. The molecule has 0 saturated carbocycles. The van der Waals surface area contributed by atoms with Crippen molar-refractivity contribution >= 4 is 23.0 Å². The van der Waals surface area contributed by atoms with Crippen LogP contribution in [0.2, 0.25) is 0 Å². The normalized spacial score (nSPS) is 10.3.